The molecule has 0 radical (unpaired) electrons. The minimum atomic E-state index is -3.77. The molecule has 0 saturated heterocycles. The summed E-state index contributed by atoms with van der Waals surface area (Å²) in [5.74, 6) is 0. The van der Waals surface area contributed by atoms with Gasteiger partial charge >= 0.3 is 0 Å². The summed E-state index contributed by atoms with van der Waals surface area (Å²) in [6.07, 6.45) is 0. The van der Waals surface area contributed by atoms with Gasteiger partial charge in [0.25, 0.3) is 5.69 Å². The second-order valence-electron chi connectivity index (χ2n) is 5.50. The molecule has 3 aromatic rings. The van der Waals surface area contributed by atoms with Crippen molar-refractivity contribution in [3.63, 3.8) is 0 Å². The maximum atomic E-state index is 13.2. The minimum Gasteiger partial charge on any atom is -0.258 e. The molecule has 5 nitrogen and oxygen atoms in total. The molecule has 0 bridgehead atoms. The van der Waals surface area contributed by atoms with Gasteiger partial charge in [-0.2, -0.15) is 0 Å². The molecule has 126 valence electrons. The molecule has 0 aliphatic rings. The van der Waals surface area contributed by atoms with E-state index in [0.29, 0.717) is 11.1 Å². The van der Waals surface area contributed by atoms with Crippen LogP contribution in [0.3, 0.4) is 0 Å². The van der Waals surface area contributed by atoms with Crippen molar-refractivity contribution in [3.05, 3.63) is 106 Å². The molecular weight excluding hydrogens is 338 g/mol. The van der Waals surface area contributed by atoms with Crippen molar-refractivity contribution in [3.8, 4) is 0 Å². The summed E-state index contributed by atoms with van der Waals surface area (Å²) in [4.78, 5) is 10.3. The molecule has 0 unspecified atom stereocenters. The van der Waals surface area contributed by atoms with Crippen molar-refractivity contribution in [1.82, 2.24) is 0 Å². The molecule has 0 atom stereocenters. The first-order valence-corrected chi connectivity index (χ1v) is 9.13. The Balaban J connectivity index is 2.13. The number of nitro benzene ring substituents is 1. The lowest BCUT2D eigenvalue weighted by Gasteiger charge is -2.19. The van der Waals surface area contributed by atoms with Gasteiger partial charge in [-0.1, -0.05) is 60.7 Å². The van der Waals surface area contributed by atoms with Crippen LogP contribution in [-0.2, 0) is 9.84 Å². The molecule has 0 spiro atoms. The van der Waals surface area contributed by atoms with Crippen molar-refractivity contribution >= 4 is 15.5 Å². The molecule has 0 aliphatic carbocycles. The number of non-ortho nitro benzene ring substituents is 1. The highest BCUT2D eigenvalue weighted by atomic mass is 32.2. The summed E-state index contributed by atoms with van der Waals surface area (Å²) >= 11 is 0. The van der Waals surface area contributed by atoms with E-state index in [-0.39, 0.29) is 10.6 Å². The summed E-state index contributed by atoms with van der Waals surface area (Å²) in [5, 5.41) is 9.92. The second-order valence-corrected chi connectivity index (χ2v) is 7.53. The lowest BCUT2D eigenvalue weighted by Crippen LogP contribution is -2.15. The highest BCUT2D eigenvalue weighted by Crippen LogP contribution is 2.35. The highest BCUT2D eigenvalue weighted by molar-refractivity contribution is 7.91. The average Bonchev–Trinajstić information content (AvgIpc) is 2.63. The first kappa shape index (κ1) is 16.9. The lowest BCUT2D eigenvalue weighted by molar-refractivity contribution is -0.384. The molecule has 25 heavy (non-hydrogen) atoms. The van der Waals surface area contributed by atoms with E-state index in [9.17, 15) is 18.5 Å². The molecular formula is C19H15NO4S. The van der Waals surface area contributed by atoms with E-state index in [0.717, 1.165) is 0 Å². The Morgan fingerprint density at radius 3 is 1.56 bits per heavy atom. The number of benzene rings is 3. The van der Waals surface area contributed by atoms with Crippen LogP contribution >= 0.6 is 0 Å². The maximum absolute atomic E-state index is 13.2. The first-order chi connectivity index (χ1) is 12.0. The fourth-order valence-corrected chi connectivity index (χ4v) is 4.52. The molecule has 3 rings (SSSR count). The Morgan fingerprint density at radius 1 is 0.720 bits per heavy atom. The number of hydrogen-bond donors (Lipinski definition) is 0. The minimum absolute atomic E-state index is 0.0517. The van der Waals surface area contributed by atoms with Crippen molar-refractivity contribution in [2.75, 3.05) is 0 Å². The third kappa shape index (κ3) is 3.44. The lowest BCUT2D eigenvalue weighted by atomic mass is 10.0. The van der Waals surface area contributed by atoms with Crippen LogP contribution in [0.2, 0.25) is 0 Å². The fraction of sp³-hybridized carbons (Fsp3) is 0.0526. The van der Waals surface area contributed by atoms with Gasteiger partial charge in [0.05, 0.1) is 9.82 Å². The Bertz CT molecular complexity index is 929. The molecule has 3 aromatic carbocycles. The van der Waals surface area contributed by atoms with E-state index in [1.54, 1.807) is 48.5 Å². The van der Waals surface area contributed by atoms with Crippen molar-refractivity contribution in [2.45, 2.75) is 10.1 Å². The van der Waals surface area contributed by atoms with Crippen molar-refractivity contribution in [1.29, 1.82) is 0 Å². The van der Waals surface area contributed by atoms with E-state index in [1.165, 1.54) is 24.3 Å². The van der Waals surface area contributed by atoms with Gasteiger partial charge in [0.15, 0.2) is 9.84 Å². The highest BCUT2D eigenvalue weighted by Gasteiger charge is 2.30. The fourth-order valence-electron chi connectivity index (χ4n) is 2.70. The Kier molecular flexibility index (Phi) is 4.63. The Hall–Kier alpha value is -2.99. The molecule has 0 amide bonds. The largest absolute Gasteiger partial charge is 0.269 e. The van der Waals surface area contributed by atoms with Gasteiger partial charge < -0.3 is 0 Å². The molecule has 0 aliphatic heterocycles. The van der Waals surface area contributed by atoms with E-state index in [2.05, 4.69) is 0 Å². The second kappa shape index (κ2) is 6.86. The van der Waals surface area contributed by atoms with Crippen LogP contribution in [0.1, 0.15) is 16.4 Å². The molecule has 0 N–H and O–H groups in total. The summed E-state index contributed by atoms with van der Waals surface area (Å²) < 4.78 is 26.5. The Labute approximate surface area is 145 Å². The van der Waals surface area contributed by atoms with Crippen LogP contribution in [0.15, 0.2) is 89.8 Å². The molecule has 0 aromatic heterocycles. The van der Waals surface area contributed by atoms with Crippen LogP contribution < -0.4 is 0 Å². The van der Waals surface area contributed by atoms with E-state index in [4.69, 9.17) is 0 Å². The quantitative estimate of drug-likeness (QED) is 0.510. The normalized spacial score (nSPS) is 11.4. The van der Waals surface area contributed by atoms with E-state index < -0.39 is 20.0 Å². The zero-order valence-electron chi connectivity index (χ0n) is 13.1. The summed E-state index contributed by atoms with van der Waals surface area (Å²) in [6.45, 7) is 0. The SMILES string of the molecule is O=[N+]([O-])c1ccc(S(=O)(=O)C(c2ccccc2)c2ccccc2)cc1. The predicted octanol–water partition coefficient (Wildman–Crippen LogP) is 4.16. The van der Waals surface area contributed by atoms with Crippen molar-refractivity contribution in [2.24, 2.45) is 0 Å². The first-order valence-electron chi connectivity index (χ1n) is 7.58. The average molecular weight is 353 g/mol. The standard InChI is InChI=1S/C19H15NO4S/c21-20(22)17-11-13-18(14-12-17)25(23,24)19(15-7-3-1-4-8-15)16-9-5-2-6-10-16/h1-14,19H. The van der Waals surface area contributed by atoms with Gasteiger partial charge in [-0.25, -0.2) is 8.42 Å². The molecule has 0 saturated carbocycles. The predicted molar refractivity (Wildman–Crippen MR) is 95.0 cm³/mol. The smallest absolute Gasteiger partial charge is 0.258 e. The third-order valence-corrected chi connectivity index (χ3v) is 5.99. The summed E-state index contributed by atoms with van der Waals surface area (Å²) in [6, 6.07) is 22.8. The Morgan fingerprint density at radius 2 is 1.16 bits per heavy atom. The van der Waals surface area contributed by atoms with E-state index >= 15 is 0 Å². The van der Waals surface area contributed by atoms with Crippen LogP contribution in [0, 0.1) is 10.1 Å². The molecule has 0 fully saturated rings. The van der Waals surface area contributed by atoms with Gasteiger partial charge in [0, 0.05) is 12.1 Å². The van der Waals surface area contributed by atoms with Gasteiger partial charge in [0.1, 0.15) is 5.25 Å². The monoisotopic (exact) mass is 353 g/mol. The van der Waals surface area contributed by atoms with Crippen LogP contribution in [0.5, 0.6) is 0 Å². The number of nitro groups is 1. The van der Waals surface area contributed by atoms with Gasteiger partial charge in [-0.05, 0) is 23.3 Å². The number of rotatable bonds is 5. The molecule has 0 heterocycles. The third-order valence-electron chi connectivity index (χ3n) is 3.89. The van der Waals surface area contributed by atoms with Crippen LogP contribution in [0.25, 0.3) is 0 Å². The number of sulfone groups is 1. The zero-order chi connectivity index (χ0) is 17.9. The number of hydrogen-bond acceptors (Lipinski definition) is 4. The summed E-state index contributed by atoms with van der Waals surface area (Å²) in [7, 11) is -3.77. The molecule has 6 heteroatoms. The number of nitrogens with zero attached hydrogens (tertiary/aromatic N) is 1. The van der Waals surface area contributed by atoms with Crippen molar-refractivity contribution < 1.29 is 13.3 Å². The summed E-state index contributed by atoms with van der Waals surface area (Å²) in [5.41, 5.74) is 1.15. The topological polar surface area (TPSA) is 77.3 Å². The van der Waals surface area contributed by atoms with Gasteiger partial charge in [-0.3, -0.25) is 10.1 Å². The van der Waals surface area contributed by atoms with Gasteiger partial charge in [0.2, 0.25) is 0 Å². The maximum Gasteiger partial charge on any atom is 0.269 e. The van der Waals surface area contributed by atoms with Gasteiger partial charge in [-0.15, -0.1) is 0 Å². The zero-order valence-corrected chi connectivity index (χ0v) is 14.0. The van der Waals surface area contributed by atoms with E-state index in [1.807, 2.05) is 12.1 Å². The van der Waals surface area contributed by atoms with Crippen LogP contribution in [0.4, 0.5) is 5.69 Å². The van der Waals surface area contributed by atoms with Crippen LogP contribution in [-0.4, -0.2) is 13.3 Å².